The number of guanidine groups is 1. The molecule has 3 aromatic rings. The summed E-state index contributed by atoms with van der Waals surface area (Å²) in [6.07, 6.45) is 0.998. The molecule has 28 heavy (non-hydrogen) atoms. The summed E-state index contributed by atoms with van der Waals surface area (Å²) in [5.74, 6) is 1.65. The number of aromatic nitrogens is 2. The molecule has 0 radical (unpaired) electrons. The molecule has 2 N–H and O–H groups in total. The molecule has 8 heteroatoms. The molecule has 0 saturated carbocycles. The molecule has 0 aliphatic rings. The van der Waals surface area contributed by atoms with Crippen LogP contribution in [0.5, 0.6) is 0 Å². The van der Waals surface area contributed by atoms with E-state index in [1.807, 2.05) is 18.2 Å². The molecule has 1 heterocycles. The Morgan fingerprint density at radius 3 is 2.54 bits per heavy atom. The lowest BCUT2D eigenvalue weighted by Gasteiger charge is -2.12. The average Bonchev–Trinajstić information content (AvgIpc) is 3.17. The Hall–Kier alpha value is -2.13. The minimum absolute atomic E-state index is 0. The van der Waals surface area contributed by atoms with Gasteiger partial charge in [0.1, 0.15) is 0 Å². The van der Waals surface area contributed by atoms with E-state index in [4.69, 9.17) is 16.1 Å². The number of aliphatic imine (C=N–C) groups is 1. The molecule has 0 unspecified atom stereocenters. The van der Waals surface area contributed by atoms with Crippen LogP contribution in [0.15, 0.2) is 58.0 Å². The molecule has 1 aromatic heterocycles. The Morgan fingerprint density at radius 1 is 1.07 bits per heavy atom. The lowest BCUT2D eigenvalue weighted by atomic mass is 10.1. The molecule has 0 spiro atoms. The van der Waals surface area contributed by atoms with Crippen molar-refractivity contribution in [2.75, 3.05) is 7.05 Å². The van der Waals surface area contributed by atoms with Crippen LogP contribution in [-0.2, 0) is 19.5 Å². The van der Waals surface area contributed by atoms with E-state index in [1.165, 1.54) is 11.1 Å². The zero-order valence-electron chi connectivity index (χ0n) is 15.8. The van der Waals surface area contributed by atoms with Crippen molar-refractivity contribution in [1.29, 1.82) is 0 Å². The zero-order chi connectivity index (χ0) is 19.1. The van der Waals surface area contributed by atoms with Crippen molar-refractivity contribution >= 4 is 41.5 Å². The average molecular weight is 512 g/mol. The van der Waals surface area contributed by atoms with Crippen molar-refractivity contribution < 1.29 is 4.52 Å². The Morgan fingerprint density at radius 2 is 1.82 bits per heavy atom. The predicted octanol–water partition coefficient (Wildman–Crippen LogP) is 4.44. The number of rotatable bonds is 6. The summed E-state index contributed by atoms with van der Waals surface area (Å²) >= 11 is 6.01. The van der Waals surface area contributed by atoms with Crippen molar-refractivity contribution in [3.63, 3.8) is 0 Å². The van der Waals surface area contributed by atoms with Gasteiger partial charge in [-0.05, 0) is 29.7 Å². The maximum atomic E-state index is 6.01. The molecule has 6 nitrogen and oxygen atoms in total. The van der Waals surface area contributed by atoms with Crippen LogP contribution >= 0.6 is 35.6 Å². The Labute approximate surface area is 186 Å². The van der Waals surface area contributed by atoms with E-state index in [-0.39, 0.29) is 24.0 Å². The van der Waals surface area contributed by atoms with Crippen molar-refractivity contribution in [1.82, 2.24) is 20.8 Å². The minimum atomic E-state index is 0. The standard InChI is InChI=1S/C20H22ClN5O.HI/c1-3-14-7-4-5-8-16(14)12-23-20(22-2)24-13-18-25-19(26-27-18)15-9-6-10-17(21)11-15;/h4-11H,3,12-13H2,1-2H3,(H2,22,23,24);1H. The monoisotopic (exact) mass is 511 g/mol. The van der Waals surface area contributed by atoms with Gasteiger partial charge in [0.25, 0.3) is 0 Å². The van der Waals surface area contributed by atoms with Crippen molar-refractivity contribution in [3.05, 3.63) is 70.6 Å². The van der Waals surface area contributed by atoms with E-state index < -0.39 is 0 Å². The summed E-state index contributed by atoms with van der Waals surface area (Å²) in [6.45, 7) is 3.23. The smallest absolute Gasteiger partial charge is 0.246 e. The summed E-state index contributed by atoms with van der Waals surface area (Å²) in [7, 11) is 1.73. The molecule has 0 atom stereocenters. The van der Waals surface area contributed by atoms with E-state index in [1.54, 1.807) is 19.2 Å². The van der Waals surface area contributed by atoms with Crippen LogP contribution in [0.25, 0.3) is 11.4 Å². The van der Waals surface area contributed by atoms with Crippen LogP contribution in [0.4, 0.5) is 0 Å². The van der Waals surface area contributed by atoms with Gasteiger partial charge in [-0.3, -0.25) is 4.99 Å². The number of nitrogens with one attached hydrogen (secondary N) is 2. The van der Waals surface area contributed by atoms with Crippen LogP contribution in [0.1, 0.15) is 23.9 Å². The first-order valence-corrected chi connectivity index (χ1v) is 9.17. The molecule has 0 saturated heterocycles. The number of benzene rings is 2. The van der Waals surface area contributed by atoms with Crippen LogP contribution in [0.3, 0.4) is 0 Å². The van der Waals surface area contributed by atoms with E-state index in [2.05, 4.69) is 50.9 Å². The summed E-state index contributed by atoms with van der Waals surface area (Å²) in [5, 5.41) is 11.1. The van der Waals surface area contributed by atoms with Gasteiger partial charge < -0.3 is 15.2 Å². The normalized spacial score (nSPS) is 11.0. The minimum Gasteiger partial charge on any atom is -0.352 e. The molecule has 2 aromatic carbocycles. The van der Waals surface area contributed by atoms with Gasteiger partial charge in [-0.1, -0.05) is 60.1 Å². The fourth-order valence-corrected chi connectivity index (χ4v) is 2.90. The lowest BCUT2D eigenvalue weighted by molar-refractivity contribution is 0.375. The van der Waals surface area contributed by atoms with Gasteiger partial charge in [-0.15, -0.1) is 24.0 Å². The molecule has 0 amide bonds. The summed E-state index contributed by atoms with van der Waals surface area (Å²) < 4.78 is 5.30. The molecule has 0 fully saturated rings. The topological polar surface area (TPSA) is 75.3 Å². The lowest BCUT2D eigenvalue weighted by Crippen LogP contribution is -2.36. The molecule has 0 aliphatic heterocycles. The highest BCUT2D eigenvalue weighted by molar-refractivity contribution is 14.0. The predicted molar refractivity (Wildman–Crippen MR) is 123 cm³/mol. The Balaban J connectivity index is 0.00000280. The zero-order valence-corrected chi connectivity index (χ0v) is 18.9. The van der Waals surface area contributed by atoms with Crippen molar-refractivity contribution in [3.8, 4) is 11.4 Å². The molecular weight excluding hydrogens is 489 g/mol. The van der Waals surface area contributed by atoms with Crippen molar-refractivity contribution in [2.45, 2.75) is 26.4 Å². The van der Waals surface area contributed by atoms with Gasteiger partial charge in [0.05, 0.1) is 6.54 Å². The third-order valence-corrected chi connectivity index (χ3v) is 4.36. The van der Waals surface area contributed by atoms with Gasteiger partial charge in [-0.2, -0.15) is 4.98 Å². The number of nitrogens with zero attached hydrogens (tertiary/aromatic N) is 3. The van der Waals surface area contributed by atoms with Crippen LogP contribution in [-0.4, -0.2) is 23.1 Å². The quantitative estimate of drug-likeness (QED) is 0.291. The Kier molecular flexibility index (Phi) is 8.72. The fourth-order valence-electron chi connectivity index (χ4n) is 2.71. The highest BCUT2D eigenvalue weighted by atomic mass is 127. The first-order chi connectivity index (χ1) is 13.2. The van der Waals surface area contributed by atoms with Gasteiger partial charge in [0.2, 0.25) is 11.7 Å². The second kappa shape index (κ2) is 11.0. The number of halogens is 2. The second-order valence-electron chi connectivity index (χ2n) is 5.92. The number of aryl methyl sites for hydroxylation is 1. The van der Waals surface area contributed by atoms with Gasteiger partial charge in [-0.25, -0.2) is 0 Å². The maximum absolute atomic E-state index is 6.01. The van der Waals surface area contributed by atoms with E-state index >= 15 is 0 Å². The second-order valence-corrected chi connectivity index (χ2v) is 6.36. The highest BCUT2D eigenvalue weighted by Crippen LogP contribution is 2.19. The molecule has 0 bridgehead atoms. The molecule has 0 aliphatic carbocycles. The highest BCUT2D eigenvalue weighted by Gasteiger charge is 2.10. The number of hydrogen-bond donors (Lipinski definition) is 2. The first kappa shape index (κ1) is 22.2. The molecule has 3 rings (SSSR count). The third-order valence-electron chi connectivity index (χ3n) is 4.13. The van der Waals surface area contributed by atoms with Gasteiger partial charge in [0, 0.05) is 24.2 Å². The maximum Gasteiger partial charge on any atom is 0.246 e. The Bertz CT molecular complexity index is 928. The van der Waals surface area contributed by atoms with Crippen LogP contribution < -0.4 is 10.6 Å². The van der Waals surface area contributed by atoms with E-state index in [0.29, 0.717) is 35.8 Å². The fraction of sp³-hybridized carbons (Fsp3) is 0.250. The van der Waals surface area contributed by atoms with Crippen LogP contribution in [0.2, 0.25) is 5.02 Å². The number of hydrogen-bond acceptors (Lipinski definition) is 4. The first-order valence-electron chi connectivity index (χ1n) is 8.79. The van der Waals surface area contributed by atoms with Crippen LogP contribution in [0, 0.1) is 0 Å². The van der Waals surface area contributed by atoms with E-state index in [9.17, 15) is 0 Å². The SMILES string of the molecule is CCc1ccccc1CNC(=NC)NCc1nc(-c2cccc(Cl)c2)no1.I. The summed E-state index contributed by atoms with van der Waals surface area (Å²) in [6, 6.07) is 15.7. The summed E-state index contributed by atoms with van der Waals surface area (Å²) in [4.78, 5) is 8.63. The summed E-state index contributed by atoms with van der Waals surface area (Å²) in [5.41, 5.74) is 3.39. The molecule has 148 valence electrons. The molecular formula is C20H23ClIN5O. The third kappa shape index (κ3) is 5.93. The largest absolute Gasteiger partial charge is 0.352 e. The van der Waals surface area contributed by atoms with Crippen molar-refractivity contribution in [2.24, 2.45) is 4.99 Å². The van der Waals surface area contributed by atoms with E-state index in [0.717, 1.165) is 12.0 Å². The van der Waals surface area contributed by atoms with Gasteiger partial charge in [0.15, 0.2) is 5.96 Å². The van der Waals surface area contributed by atoms with Gasteiger partial charge >= 0.3 is 0 Å².